The zero-order valence-electron chi connectivity index (χ0n) is 8.66. The summed E-state index contributed by atoms with van der Waals surface area (Å²) in [7, 11) is 1.37. The molecule has 0 radical (unpaired) electrons. The van der Waals surface area contributed by atoms with Crippen LogP contribution in [0.1, 0.15) is 39.8 Å². The number of aromatic nitrogens is 1. The minimum Gasteiger partial charge on any atom is -0.461 e. The van der Waals surface area contributed by atoms with Gasteiger partial charge in [0.1, 0.15) is 5.69 Å². The Hall–Kier alpha value is -0.500. The molecule has 86 valence electrons. The van der Waals surface area contributed by atoms with Gasteiger partial charge >= 0.3 is 5.97 Å². The number of nitrogens with zero attached hydrogens (tertiary/aromatic N) is 1. The fraction of sp³-hybridized carbons (Fsp3) is 0.400. The number of fused-ring (bicyclic) bond motifs is 1. The first-order valence-electron chi connectivity index (χ1n) is 4.92. The second kappa shape index (κ2) is 4.79. The Bertz CT molecular complexity index is 455. The molecule has 1 aliphatic rings. The summed E-state index contributed by atoms with van der Waals surface area (Å²) in [6.07, 6.45) is 2.88. The molecule has 2 rings (SSSR count). The maximum absolute atomic E-state index is 11.8. The molecule has 0 aromatic carbocycles. The van der Waals surface area contributed by atoms with E-state index in [4.69, 9.17) is 4.74 Å². The smallest absolute Gasteiger partial charge is 0.356 e. The lowest BCUT2D eigenvalue weighted by Gasteiger charge is -2.05. The zero-order valence-corrected chi connectivity index (χ0v) is 11.6. The van der Waals surface area contributed by atoms with Gasteiger partial charge in [0.15, 0.2) is 5.78 Å². The Kier molecular flexibility index (Phi) is 3.58. The summed E-state index contributed by atoms with van der Waals surface area (Å²) in [4.78, 5) is 23.3. The fourth-order valence-electron chi connectivity index (χ4n) is 1.85. The summed E-state index contributed by atoms with van der Waals surface area (Å²) < 4.78 is 6.71. The summed E-state index contributed by atoms with van der Waals surface area (Å²) >= 11 is 2.08. The zero-order chi connectivity index (χ0) is 11.7. The summed E-state index contributed by atoms with van der Waals surface area (Å²) in [6.45, 7) is 2.12. The van der Waals surface area contributed by atoms with Crippen molar-refractivity contribution in [2.45, 2.75) is 19.8 Å². The average molecular weight is 351 g/mol. The third kappa shape index (κ3) is 1.88. The lowest BCUT2D eigenvalue weighted by Crippen LogP contribution is -2.10. The van der Waals surface area contributed by atoms with Crippen LogP contribution in [0.15, 0.2) is 6.20 Å². The molecule has 1 aliphatic carbocycles. The third-order valence-electron chi connectivity index (χ3n) is 2.52. The maximum Gasteiger partial charge on any atom is 0.356 e. The molecule has 0 amide bonds. The molecule has 0 fully saturated rings. The highest BCUT2D eigenvalue weighted by Gasteiger charge is 2.30. The Balaban J connectivity index is 2.47. The van der Waals surface area contributed by atoms with E-state index >= 15 is 0 Å². The van der Waals surface area contributed by atoms with E-state index in [2.05, 4.69) is 21.2 Å². The third-order valence-corrected chi connectivity index (χ3v) is 4.23. The normalized spacial score (nSPS) is 14.0. The van der Waals surface area contributed by atoms with Crippen molar-refractivity contribution in [3.8, 4) is 0 Å². The number of carbonyl (C=O) groups is 2. The topological polar surface area (TPSA) is 48.3 Å². The predicted octanol–water partition coefficient (Wildman–Crippen LogP) is 2.64. The van der Waals surface area contributed by atoms with Gasteiger partial charge in [0, 0.05) is 48.5 Å². The van der Waals surface area contributed by atoms with E-state index in [0.29, 0.717) is 30.7 Å². The lowest BCUT2D eigenvalue weighted by molar-refractivity contribution is 0.0517. The molecule has 1 aromatic heterocycles. The van der Waals surface area contributed by atoms with E-state index in [1.54, 1.807) is 17.1 Å². The molecule has 6 heteroatoms. The molecule has 0 atom stereocenters. The van der Waals surface area contributed by atoms with Gasteiger partial charge in [-0.1, -0.05) is 0 Å². The molecule has 16 heavy (non-hydrogen) atoms. The van der Waals surface area contributed by atoms with Crippen LogP contribution in [0.2, 0.25) is 0 Å². The summed E-state index contributed by atoms with van der Waals surface area (Å²) in [6, 6.07) is 0. The van der Waals surface area contributed by atoms with Crippen LogP contribution in [-0.4, -0.2) is 22.3 Å². The van der Waals surface area contributed by atoms with Gasteiger partial charge in [0.05, 0.1) is 6.61 Å². The van der Waals surface area contributed by atoms with Crippen molar-refractivity contribution in [2.24, 2.45) is 0 Å². The van der Waals surface area contributed by atoms with Crippen LogP contribution in [0, 0.1) is 0 Å². The molecular formula is C10H10INO3S. The van der Waals surface area contributed by atoms with E-state index < -0.39 is 0 Å². The SMILES string of the molecule is CCOC(=O)c1c2c(cn1SI)C(=O)CC2. The minimum atomic E-state index is -0.345. The van der Waals surface area contributed by atoms with Gasteiger partial charge < -0.3 is 4.74 Å². The van der Waals surface area contributed by atoms with Crippen molar-refractivity contribution in [3.63, 3.8) is 0 Å². The van der Waals surface area contributed by atoms with Gasteiger partial charge in [-0.2, -0.15) is 0 Å². The highest BCUT2D eigenvalue weighted by atomic mass is 127. The predicted molar refractivity (Wildman–Crippen MR) is 70.0 cm³/mol. The van der Waals surface area contributed by atoms with Crippen LogP contribution < -0.4 is 0 Å². The summed E-state index contributed by atoms with van der Waals surface area (Å²) in [5.41, 5.74) is 2.03. The number of ketones is 1. The van der Waals surface area contributed by atoms with Crippen molar-refractivity contribution in [2.75, 3.05) is 6.61 Å². The van der Waals surface area contributed by atoms with Crippen molar-refractivity contribution < 1.29 is 14.3 Å². The molecule has 0 bridgehead atoms. The number of rotatable bonds is 3. The van der Waals surface area contributed by atoms with Crippen molar-refractivity contribution in [1.29, 1.82) is 0 Å². The van der Waals surface area contributed by atoms with E-state index in [-0.39, 0.29) is 11.8 Å². The molecule has 0 aliphatic heterocycles. The van der Waals surface area contributed by atoms with Crippen molar-refractivity contribution >= 4 is 42.1 Å². The quantitative estimate of drug-likeness (QED) is 0.621. The molecule has 0 saturated heterocycles. The van der Waals surface area contributed by atoms with E-state index in [9.17, 15) is 9.59 Å². The molecule has 1 heterocycles. The first-order valence-corrected chi connectivity index (χ1v) is 8.24. The molecule has 0 spiro atoms. The minimum absolute atomic E-state index is 0.116. The van der Waals surface area contributed by atoms with Crippen molar-refractivity contribution in [1.82, 2.24) is 3.97 Å². The standard InChI is InChI=1S/C10H10INO3S/c1-2-15-10(14)9-6-3-4-8(13)7(6)5-12(9)16-11/h5H,2-4H2,1H3. The van der Waals surface area contributed by atoms with Crippen LogP contribution in [0.5, 0.6) is 0 Å². The van der Waals surface area contributed by atoms with E-state index in [0.717, 1.165) is 5.56 Å². The Morgan fingerprint density at radius 3 is 3.00 bits per heavy atom. The first-order chi connectivity index (χ1) is 7.69. The van der Waals surface area contributed by atoms with Crippen LogP contribution in [0.25, 0.3) is 0 Å². The molecule has 1 aromatic rings. The Morgan fingerprint density at radius 1 is 1.62 bits per heavy atom. The fourth-order valence-corrected chi connectivity index (χ4v) is 3.18. The summed E-state index contributed by atoms with van der Waals surface area (Å²) in [5, 5.41) is 0. The number of hydrogen-bond donors (Lipinski definition) is 0. The molecular weight excluding hydrogens is 341 g/mol. The number of carbonyl (C=O) groups excluding carboxylic acids is 2. The molecule has 0 saturated carbocycles. The Morgan fingerprint density at radius 2 is 2.38 bits per heavy atom. The van der Waals surface area contributed by atoms with E-state index in [1.807, 2.05) is 0 Å². The number of hydrogen-bond acceptors (Lipinski definition) is 4. The number of esters is 1. The van der Waals surface area contributed by atoms with Crippen LogP contribution in [-0.2, 0) is 11.2 Å². The monoisotopic (exact) mass is 351 g/mol. The highest BCUT2D eigenvalue weighted by molar-refractivity contribution is 14.2. The second-order valence-corrected chi connectivity index (χ2v) is 5.12. The second-order valence-electron chi connectivity index (χ2n) is 3.41. The van der Waals surface area contributed by atoms with Gasteiger partial charge in [-0.25, -0.2) is 4.79 Å². The molecule has 0 unspecified atom stereocenters. The van der Waals surface area contributed by atoms with E-state index in [1.165, 1.54) is 9.12 Å². The Labute approximate surface area is 109 Å². The van der Waals surface area contributed by atoms with Crippen LogP contribution in [0.4, 0.5) is 0 Å². The van der Waals surface area contributed by atoms with Gasteiger partial charge in [-0.05, 0) is 18.9 Å². The van der Waals surface area contributed by atoms with Gasteiger partial charge in [0.25, 0.3) is 0 Å². The molecule has 4 nitrogen and oxygen atoms in total. The van der Waals surface area contributed by atoms with Crippen molar-refractivity contribution in [3.05, 3.63) is 23.0 Å². The lowest BCUT2D eigenvalue weighted by atomic mass is 10.2. The number of ether oxygens (including phenoxy) is 1. The van der Waals surface area contributed by atoms with Gasteiger partial charge in [-0.3, -0.25) is 8.77 Å². The number of Topliss-reactive ketones (excluding diaryl/α,β-unsaturated/α-hetero) is 1. The first kappa shape index (κ1) is 12.0. The van der Waals surface area contributed by atoms with Crippen LogP contribution in [0.3, 0.4) is 0 Å². The number of halogens is 1. The van der Waals surface area contributed by atoms with Crippen LogP contribution >= 0.6 is 30.3 Å². The van der Waals surface area contributed by atoms with Gasteiger partial charge in [-0.15, -0.1) is 0 Å². The summed E-state index contributed by atoms with van der Waals surface area (Å²) in [5.74, 6) is -0.229. The highest BCUT2D eigenvalue weighted by Crippen LogP contribution is 2.32. The maximum atomic E-state index is 11.8. The molecule has 0 N–H and O–H groups in total. The average Bonchev–Trinajstić information content (AvgIpc) is 2.79. The van der Waals surface area contributed by atoms with Gasteiger partial charge in [0.2, 0.25) is 0 Å². The largest absolute Gasteiger partial charge is 0.461 e.